The van der Waals surface area contributed by atoms with Crippen LogP contribution in [-0.4, -0.2) is 26.0 Å². The SMILES string of the molecule is O=C(O)c1ccc(-c2nc3ccc(C4(c5ccccc5)CC4)nc3s2)c([N+](=O)[O-])c1. The van der Waals surface area contributed by atoms with Crippen molar-refractivity contribution in [3.63, 3.8) is 0 Å². The molecule has 1 fully saturated rings. The molecule has 0 unspecified atom stereocenters. The van der Waals surface area contributed by atoms with E-state index in [1.807, 2.05) is 30.3 Å². The van der Waals surface area contributed by atoms with Crippen molar-refractivity contribution >= 4 is 33.3 Å². The van der Waals surface area contributed by atoms with Crippen molar-refractivity contribution in [2.75, 3.05) is 0 Å². The molecule has 0 saturated heterocycles. The van der Waals surface area contributed by atoms with Gasteiger partial charge in [-0.05, 0) is 42.7 Å². The summed E-state index contributed by atoms with van der Waals surface area (Å²) in [6.45, 7) is 0. The summed E-state index contributed by atoms with van der Waals surface area (Å²) in [6.07, 6.45) is 2.06. The molecule has 5 rings (SSSR count). The summed E-state index contributed by atoms with van der Waals surface area (Å²) in [7, 11) is 0. The van der Waals surface area contributed by atoms with Crippen LogP contribution >= 0.6 is 11.3 Å². The molecule has 30 heavy (non-hydrogen) atoms. The monoisotopic (exact) mass is 417 g/mol. The van der Waals surface area contributed by atoms with Crippen LogP contribution in [0.25, 0.3) is 20.9 Å². The summed E-state index contributed by atoms with van der Waals surface area (Å²) in [4.78, 5) is 32.2. The molecule has 2 aromatic heterocycles. The molecule has 0 radical (unpaired) electrons. The van der Waals surface area contributed by atoms with Crippen molar-refractivity contribution < 1.29 is 14.8 Å². The van der Waals surface area contributed by atoms with E-state index < -0.39 is 10.9 Å². The number of fused-ring (bicyclic) bond motifs is 1. The largest absolute Gasteiger partial charge is 0.478 e. The van der Waals surface area contributed by atoms with E-state index in [0.29, 0.717) is 20.9 Å². The van der Waals surface area contributed by atoms with E-state index in [1.54, 1.807) is 0 Å². The van der Waals surface area contributed by atoms with Gasteiger partial charge in [0.25, 0.3) is 5.69 Å². The zero-order valence-electron chi connectivity index (χ0n) is 15.6. The van der Waals surface area contributed by atoms with Crippen LogP contribution in [0, 0.1) is 10.1 Å². The minimum absolute atomic E-state index is 0.0747. The fourth-order valence-electron chi connectivity index (χ4n) is 3.77. The minimum atomic E-state index is -1.21. The van der Waals surface area contributed by atoms with Crippen LogP contribution in [0.4, 0.5) is 5.69 Å². The maximum absolute atomic E-state index is 11.5. The summed E-state index contributed by atoms with van der Waals surface area (Å²) in [5.41, 5.74) is 2.68. The average Bonchev–Trinajstić information content (AvgIpc) is 3.46. The molecule has 1 aliphatic carbocycles. The third-order valence-corrected chi connectivity index (χ3v) is 6.49. The van der Waals surface area contributed by atoms with E-state index in [9.17, 15) is 14.9 Å². The highest BCUT2D eigenvalue weighted by atomic mass is 32.1. The second kappa shape index (κ2) is 6.70. The zero-order chi connectivity index (χ0) is 20.9. The lowest BCUT2D eigenvalue weighted by atomic mass is 9.92. The molecule has 0 bridgehead atoms. The van der Waals surface area contributed by atoms with E-state index in [4.69, 9.17) is 10.1 Å². The minimum Gasteiger partial charge on any atom is -0.478 e. The first-order valence-electron chi connectivity index (χ1n) is 9.34. The number of hydrogen-bond acceptors (Lipinski definition) is 6. The van der Waals surface area contributed by atoms with Crippen molar-refractivity contribution in [1.29, 1.82) is 0 Å². The standard InChI is InChI=1S/C22H15N3O4S/c26-21(27)13-6-7-15(17(12-13)25(28)29)19-23-16-8-9-18(24-20(16)30-19)22(10-11-22)14-4-2-1-3-5-14/h1-9,12H,10-11H2,(H,26,27). The number of carbonyl (C=O) groups is 1. The van der Waals surface area contributed by atoms with E-state index in [0.717, 1.165) is 24.6 Å². The van der Waals surface area contributed by atoms with Crippen molar-refractivity contribution in [2.45, 2.75) is 18.3 Å². The number of carboxylic acid groups (broad SMARTS) is 1. The predicted octanol–water partition coefficient (Wildman–Crippen LogP) is 5.04. The topological polar surface area (TPSA) is 106 Å². The van der Waals surface area contributed by atoms with Crippen LogP contribution in [0.15, 0.2) is 60.7 Å². The van der Waals surface area contributed by atoms with Gasteiger partial charge in [-0.2, -0.15) is 0 Å². The van der Waals surface area contributed by atoms with Crippen LogP contribution in [0.1, 0.15) is 34.5 Å². The third kappa shape index (κ3) is 2.93. The fraction of sp³-hybridized carbons (Fsp3) is 0.136. The van der Waals surface area contributed by atoms with Gasteiger partial charge in [0.2, 0.25) is 0 Å². The lowest BCUT2D eigenvalue weighted by Crippen LogP contribution is -2.10. The van der Waals surface area contributed by atoms with E-state index in [2.05, 4.69) is 17.1 Å². The molecule has 1 N–H and O–H groups in total. The Balaban J connectivity index is 1.59. The van der Waals surface area contributed by atoms with Gasteiger partial charge in [0.15, 0.2) is 0 Å². The van der Waals surface area contributed by atoms with Crippen LogP contribution in [0.3, 0.4) is 0 Å². The first-order valence-corrected chi connectivity index (χ1v) is 10.2. The van der Waals surface area contributed by atoms with Gasteiger partial charge in [-0.25, -0.2) is 14.8 Å². The highest BCUT2D eigenvalue weighted by Crippen LogP contribution is 2.53. The molecular formula is C22H15N3O4S. The lowest BCUT2D eigenvalue weighted by Gasteiger charge is -2.14. The van der Waals surface area contributed by atoms with Crippen LogP contribution in [-0.2, 0) is 5.41 Å². The number of hydrogen-bond donors (Lipinski definition) is 1. The number of nitrogens with zero attached hydrogens (tertiary/aromatic N) is 3. The number of aromatic nitrogens is 2. The van der Waals surface area contributed by atoms with Crippen LogP contribution in [0.5, 0.6) is 0 Å². The Hall–Kier alpha value is -3.65. The number of benzene rings is 2. The molecule has 1 saturated carbocycles. The molecule has 0 aliphatic heterocycles. The van der Waals surface area contributed by atoms with E-state index in [1.165, 1.54) is 29.0 Å². The quantitative estimate of drug-likeness (QED) is 0.360. The molecule has 8 heteroatoms. The number of aromatic carboxylic acids is 1. The number of rotatable bonds is 5. The fourth-order valence-corrected chi connectivity index (χ4v) is 4.74. The number of pyridine rings is 1. The van der Waals surface area contributed by atoms with Gasteiger partial charge in [0, 0.05) is 11.5 Å². The second-order valence-corrected chi connectivity index (χ2v) is 8.26. The van der Waals surface area contributed by atoms with Gasteiger partial charge in [-0.1, -0.05) is 41.7 Å². The summed E-state index contributed by atoms with van der Waals surface area (Å²) in [6, 6.07) is 18.0. The molecule has 0 atom stereocenters. The number of thiazole rings is 1. The Kier molecular flexibility index (Phi) is 4.11. The first-order chi connectivity index (χ1) is 14.5. The molecule has 7 nitrogen and oxygen atoms in total. The van der Waals surface area contributed by atoms with Gasteiger partial charge >= 0.3 is 5.97 Å². The number of nitro benzene ring substituents is 1. The number of nitro groups is 1. The maximum atomic E-state index is 11.5. The molecule has 0 spiro atoms. The van der Waals surface area contributed by atoms with Crippen molar-refractivity contribution in [3.05, 3.63) is 87.6 Å². The van der Waals surface area contributed by atoms with Crippen molar-refractivity contribution in [3.8, 4) is 10.6 Å². The lowest BCUT2D eigenvalue weighted by molar-refractivity contribution is -0.384. The summed E-state index contributed by atoms with van der Waals surface area (Å²) in [5, 5.41) is 21.1. The first kappa shape index (κ1) is 18.4. The second-order valence-electron chi connectivity index (χ2n) is 7.28. The van der Waals surface area contributed by atoms with Gasteiger partial charge in [-0.15, -0.1) is 0 Å². The Bertz CT molecular complexity index is 1310. The summed E-state index contributed by atoms with van der Waals surface area (Å²) < 4.78 is 0. The zero-order valence-corrected chi connectivity index (χ0v) is 16.4. The molecule has 148 valence electrons. The van der Waals surface area contributed by atoms with E-state index >= 15 is 0 Å². The Labute approximate surface area is 174 Å². The normalized spacial score (nSPS) is 14.5. The van der Waals surface area contributed by atoms with Gasteiger partial charge in [0.1, 0.15) is 15.4 Å². The molecule has 1 aliphatic rings. The molecule has 2 aromatic carbocycles. The van der Waals surface area contributed by atoms with Crippen molar-refractivity contribution in [1.82, 2.24) is 9.97 Å². The predicted molar refractivity (Wildman–Crippen MR) is 113 cm³/mol. The summed E-state index contributed by atoms with van der Waals surface area (Å²) in [5.74, 6) is -1.21. The van der Waals surface area contributed by atoms with Gasteiger partial charge in [-0.3, -0.25) is 10.1 Å². The molecule has 0 amide bonds. The van der Waals surface area contributed by atoms with Crippen molar-refractivity contribution in [2.24, 2.45) is 0 Å². The third-order valence-electron chi connectivity index (χ3n) is 5.49. The van der Waals surface area contributed by atoms with E-state index in [-0.39, 0.29) is 16.7 Å². The highest BCUT2D eigenvalue weighted by molar-refractivity contribution is 7.21. The average molecular weight is 417 g/mol. The Morgan fingerprint density at radius 3 is 2.50 bits per heavy atom. The van der Waals surface area contributed by atoms with Gasteiger partial charge < -0.3 is 5.11 Å². The molecular weight excluding hydrogens is 402 g/mol. The molecule has 4 aromatic rings. The smallest absolute Gasteiger partial charge is 0.335 e. The van der Waals surface area contributed by atoms with Crippen LogP contribution in [0.2, 0.25) is 0 Å². The maximum Gasteiger partial charge on any atom is 0.335 e. The summed E-state index contributed by atoms with van der Waals surface area (Å²) >= 11 is 1.28. The van der Waals surface area contributed by atoms with Gasteiger partial charge in [0.05, 0.1) is 21.7 Å². The highest BCUT2D eigenvalue weighted by Gasteiger charge is 2.47. The Morgan fingerprint density at radius 1 is 1.07 bits per heavy atom. The van der Waals surface area contributed by atoms with Crippen LogP contribution < -0.4 is 0 Å². The Morgan fingerprint density at radius 2 is 1.83 bits per heavy atom. The number of carboxylic acids is 1. The molecule has 2 heterocycles.